The molecule has 0 aliphatic rings. The highest BCUT2D eigenvalue weighted by atomic mass is 16.3. The van der Waals surface area contributed by atoms with Gasteiger partial charge < -0.3 is 0 Å². The van der Waals surface area contributed by atoms with Crippen LogP contribution in [0.3, 0.4) is 0 Å². The molecule has 0 N–H and O–H groups in total. The van der Waals surface area contributed by atoms with Crippen molar-refractivity contribution in [3.63, 3.8) is 0 Å². The van der Waals surface area contributed by atoms with E-state index in [9.17, 15) is 5.11 Å². The van der Waals surface area contributed by atoms with Crippen molar-refractivity contribution < 1.29 is 5.11 Å². The summed E-state index contributed by atoms with van der Waals surface area (Å²) in [5.41, 5.74) is 0. The van der Waals surface area contributed by atoms with Crippen LogP contribution in [0.5, 0.6) is 0 Å². The molecule has 0 atom stereocenters. The Labute approximate surface area is 119 Å². The lowest BCUT2D eigenvalue weighted by Gasteiger charge is -2.51. The molecule has 0 amide bonds. The zero-order valence-corrected chi connectivity index (χ0v) is 13.8. The Kier molecular flexibility index (Phi) is 6.99. The minimum Gasteiger partial charge on any atom is -0.255 e. The van der Waals surface area contributed by atoms with Gasteiger partial charge in [-0.05, 0) is 55.4 Å². The second-order valence-electron chi connectivity index (χ2n) is 6.27. The van der Waals surface area contributed by atoms with E-state index in [1.165, 1.54) is 0 Å². The number of nitrogens with zero attached hydrogens (tertiary/aromatic N) is 3. The summed E-state index contributed by atoms with van der Waals surface area (Å²) >= 11 is 0. The monoisotopic (exact) mass is 268 g/mol. The van der Waals surface area contributed by atoms with Crippen LogP contribution in [0.15, 0.2) is 0 Å². The van der Waals surface area contributed by atoms with Gasteiger partial charge in [0, 0.05) is 24.2 Å². The summed E-state index contributed by atoms with van der Waals surface area (Å²) in [7, 11) is 0. The molecular weight excluding hydrogens is 238 g/mol. The third-order valence-corrected chi connectivity index (χ3v) is 3.34. The topological polar surface area (TPSA) is 50.2 Å². The maximum atomic E-state index is 13.5. The molecule has 0 aliphatic heterocycles. The van der Waals surface area contributed by atoms with Gasteiger partial charge in [-0.1, -0.05) is 0 Å². The molecule has 4 nitrogen and oxygen atoms in total. The number of rotatable bonds is 7. The summed E-state index contributed by atoms with van der Waals surface area (Å²) in [4.78, 5) is 3.83. The molecule has 0 saturated heterocycles. The molecule has 0 unspecified atom stereocenters. The lowest BCUT2D eigenvalue weighted by molar-refractivity contribution is -0.284. The van der Waals surface area contributed by atoms with Crippen LogP contribution in [0.4, 0.5) is 0 Å². The Balaban J connectivity index is 5.73. The summed E-state index contributed by atoms with van der Waals surface area (Å²) in [6.45, 7) is 16.1. The van der Waals surface area contributed by atoms with E-state index in [1.807, 2.05) is 65.2 Å². The molecule has 0 aromatic rings. The summed E-state index contributed by atoms with van der Waals surface area (Å²) in [6.07, 6.45) is -0.0281. The molecule has 0 aliphatic carbocycles. The predicted molar refractivity (Wildman–Crippen MR) is 77.9 cm³/mol. The first kappa shape index (κ1) is 18.4. The fraction of sp³-hybridized carbons (Fsp3) is 0.933. The maximum absolute atomic E-state index is 13.5. The largest absolute Gasteiger partial charge is 0.255 e. The van der Waals surface area contributed by atoms with Crippen LogP contribution in [0.1, 0.15) is 61.8 Å². The maximum Gasteiger partial charge on any atom is 0.227 e. The van der Waals surface area contributed by atoms with Crippen LogP contribution in [0.2, 0.25) is 0 Å². The van der Waals surface area contributed by atoms with E-state index in [0.29, 0.717) is 0 Å². The third kappa shape index (κ3) is 4.17. The average molecular weight is 268 g/mol. The standard InChI is InChI=1S/C15H30N3O/c1-11(2)17(12(3)4)15(19,9-10-16)18(13(5)6)14(7)8/h11-14H,9H2,1-8H3. The predicted octanol–water partition coefficient (Wildman–Crippen LogP) is 3.22. The van der Waals surface area contributed by atoms with Crippen molar-refractivity contribution in [1.29, 1.82) is 5.26 Å². The summed E-state index contributed by atoms with van der Waals surface area (Å²) in [5.74, 6) is -1.47. The first-order valence-electron chi connectivity index (χ1n) is 7.23. The Hall–Kier alpha value is -0.630. The zero-order chi connectivity index (χ0) is 15.4. The second kappa shape index (κ2) is 7.23. The van der Waals surface area contributed by atoms with Gasteiger partial charge >= 0.3 is 0 Å². The van der Waals surface area contributed by atoms with Crippen LogP contribution >= 0.6 is 0 Å². The summed E-state index contributed by atoms with van der Waals surface area (Å²) in [6, 6.07) is 2.50. The van der Waals surface area contributed by atoms with Crippen molar-refractivity contribution in [2.75, 3.05) is 0 Å². The van der Waals surface area contributed by atoms with E-state index >= 15 is 0 Å². The Morgan fingerprint density at radius 3 is 1.26 bits per heavy atom. The van der Waals surface area contributed by atoms with E-state index in [2.05, 4.69) is 6.07 Å². The third-order valence-electron chi connectivity index (χ3n) is 3.34. The van der Waals surface area contributed by atoms with Crippen LogP contribution in [-0.4, -0.2) is 39.8 Å². The van der Waals surface area contributed by atoms with Gasteiger partial charge in [0.05, 0.1) is 12.5 Å². The molecule has 0 fully saturated rings. The van der Waals surface area contributed by atoms with Gasteiger partial charge in [-0.3, -0.25) is 9.80 Å². The molecular formula is C15H30N3O. The first-order chi connectivity index (χ1) is 8.59. The summed E-state index contributed by atoms with van der Waals surface area (Å²) in [5, 5.41) is 22.6. The SMILES string of the molecule is CC(C)N(C(C)C)C([O])(CC#N)N(C(C)C)C(C)C. The highest BCUT2D eigenvalue weighted by Crippen LogP contribution is 2.31. The van der Waals surface area contributed by atoms with Gasteiger partial charge in [-0.2, -0.15) is 10.4 Å². The first-order valence-corrected chi connectivity index (χ1v) is 7.23. The molecule has 0 aromatic carbocycles. The van der Waals surface area contributed by atoms with Crippen molar-refractivity contribution in [2.24, 2.45) is 0 Å². The van der Waals surface area contributed by atoms with Crippen LogP contribution in [-0.2, 0) is 5.11 Å². The van der Waals surface area contributed by atoms with E-state index in [4.69, 9.17) is 5.26 Å². The van der Waals surface area contributed by atoms with Crippen molar-refractivity contribution in [3.05, 3.63) is 0 Å². The van der Waals surface area contributed by atoms with E-state index in [0.717, 1.165) is 0 Å². The van der Waals surface area contributed by atoms with Gasteiger partial charge in [0.25, 0.3) is 0 Å². The minimum atomic E-state index is -1.47. The number of hydrogen-bond donors (Lipinski definition) is 0. The van der Waals surface area contributed by atoms with Crippen LogP contribution in [0.25, 0.3) is 0 Å². The molecule has 19 heavy (non-hydrogen) atoms. The molecule has 0 spiro atoms. The fourth-order valence-corrected chi connectivity index (χ4v) is 3.23. The Bertz CT molecular complexity index is 269. The van der Waals surface area contributed by atoms with Crippen molar-refractivity contribution in [3.8, 4) is 6.07 Å². The fourth-order valence-electron chi connectivity index (χ4n) is 3.23. The average Bonchev–Trinajstić information content (AvgIpc) is 2.13. The van der Waals surface area contributed by atoms with Crippen molar-refractivity contribution >= 4 is 0 Å². The zero-order valence-electron chi connectivity index (χ0n) is 13.8. The second-order valence-corrected chi connectivity index (χ2v) is 6.27. The Morgan fingerprint density at radius 1 is 0.842 bits per heavy atom. The number of hydrogen-bond acceptors (Lipinski definition) is 3. The molecule has 111 valence electrons. The highest BCUT2D eigenvalue weighted by molar-refractivity contribution is 4.94. The molecule has 1 radical (unpaired) electrons. The molecule has 0 bridgehead atoms. The van der Waals surface area contributed by atoms with E-state index in [1.54, 1.807) is 0 Å². The quantitative estimate of drug-likeness (QED) is 0.666. The van der Waals surface area contributed by atoms with E-state index < -0.39 is 5.85 Å². The molecule has 0 saturated carbocycles. The summed E-state index contributed by atoms with van der Waals surface area (Å²) < 4.78 is 0. The van der Waals surface area contributed by atoms with Gasteiger partial charge in [0.2, 0.25) is 5.85 Å². The van der Waals surface area contributed by atoms with E-state index in [-0.39, 0.29) is 30.6 Å². The van der Waals surface area contributed by atoms with Crippen LogP contribution in [0, 0.1) is 11.3 Å². The Morgan fingerprint density at radius 2 is 1.11 bits per heavy atom. The van der Waals surface area contributed by atoms with Gasteiger partial charge in [0.1, 0.15) is 0 Å². The van der Waals surface area contributed by atoms with Gasteiger partial charge in [0.15, 0.2) is 0 Å². The molecule has 0 aromatic heterocycles. The molecule has 0 heterocycles. The lowest BCUT2D eigenvalue weighted by Crippen LogP contribution is -2.67. The molecule has 4 heteroatoms. The van der Waals surface area contributed by atoms with Gasteiger partial charge in [-0.15, -0.1) is 0 Å². The number of nitriles is 1. The van der Waals surface area contributed by atoms with Crippen molar-refractivity contribution in [1.82, 2.24) is 9.80 Å². The van der Waals surface area contributed by atoms with Crippen LogP contribution < -0.4 is 0 Å². The van der Waals surface area contributed by atoms with Gasteiger partial charge in [-0.25, -0.2) is 0 Å². The highest BCUT2D eigenvalue weighted by Gasteiger charge is 2.47. The normalized spacial score (nSPS) is 13.4. The smallest absolute Gasteiger partial charge is 0.227 e. The lowest BCUT2D eigenvalue weighted by atomic mass is 10.1. The van der Waals surface area contributed by atoms with Crippen molar-refractivity contribution in [2.45, 2.75) is 91.8 Å². The minimum absolute atomic E-state index is 0.0281. The molecule has 0 rings (SSSR count).